The maximum atomic E-state index is 2.52. The van der Waals surface area contributed by atoms with E-state index >= 15 is 0 Å². The van der Waals surface area contributed by atoms with Gasteiger partial charge in [0.15, 0.2) is 0 Å². The van der Waals surface area contributed by atoms with E-state index in [4.69, 9.17) is 0 Å². The highest BCUT2D eigenvalue weighted by Crippen LogP contribution is 2.44. The molecule has 200 valence electrons. The maximum Gasteiger partial charge on any atom is 0.0620 e. The second-order valence-corrected chi connectivity index (χ2v) is 12.4. The zero-order valence-electron chi connectivity index (χ0n) is 23.2. The van der Waals surface area contributed by atoms with Crippen molar-refractivity contribution in [2.75, 3.05) is 0 Å². The van der Waals surface area contributed by atoms with Crippen LogP contribution < -0.4 is 0 Å². The van der Waals surface area contributed by atoms with E-state index in [1.807, 2.05) is 11.3 Å². The number of aromatic nitrogens is 2. The van der Waals surface area contributed by atoms with Crippen LogP contribution in [0.4, 0.5) is 0 Å². The van der Waals surface area contributed by atoms with Gasteiger partial charge in [-0.1, -0.05) is 91.0 Å². The van der Waals surface area contributed by atoms with Crippen molar-refractivity contribution in [2.45, 2.75) is 0 Å². The zero-order chi connectivity index (χ0) is 28.1. The molecule has 0 bridgehead atoms. The van der Waals surface area contributed by atoms with Crippen molar-refractivity contribution in [2.24, 2.45) is 0 Å². The molecule has 43 heavy (non-hydrogen) atoms. The normalized spacial score (nSPS) is 12.2. The largest absolute Gasteiger partial charge is 0.309 e. The van der Waals surface area contributed by atoms with Crippen molar-refractivity contribution < 1.29 is 0 Å². The van der Waals surface area contributed by atoms with Crippen LogP contribution in [0.1, 0.15) is 0 Å². The van der Waals surface area contributed by atoms with Gasteiger partial charge < -0.3 is 9.13 Å². The second-order valence-electron chi connectivity index (χ2n) is 11.3. The first-order chi connectivity index (χ1) is 21.3. The predicted molar refractivity (Wildman–Crippen MR) is 186 cm³/mol. The molecule has 0 spiro atoms. The fraction of sp³-hybridized carbons (Fsp3) is 0. The molecule has 0 saturated carbocycles. The van der Waals surface area contributed by atoms with Crippen LogP contribution in [-0.4, -0.2) is 9.13 Å². The molecule has 0 aliphatic rings. The maximum absolute atomic E-state index is 2.52. The number of rotatable bonds is 2. The SMILES string of the molecule is c1ccc(-n2c3ccccc3c3cc4ccc5c6ccccc6n(-c6cccc7sc8ccccc8c67)c5c4cc32)cc1. The highest BCUT2D eigenvalue weighted by Gasteiger charge is 2.20. The summed E-state index contributed by atoms with van der Waals surface area (Å²) in [5.74, 6) is 0. The summed E-state index contributed by atoms with van der Waals surface area (Å²) in [4.78, 5) is 0. The van der Waals surface area contributed by atoms with Gasteiger partial charge in [-0.25, -0.2) is 0 Å². The molecule has 0 N–H and O–H groups in total. The molecule has 10 aromatic rings. The van der Waals surface area contributed by atoms with Crippen molar-refractivity contribution >= 4 is 85.9 Å². The van der Waals surface area contributed by atoms with Crippen LogP contribution in [0.25, 0.3) is 85.9 Å². The first-order valence-electron chi connectivity index (χ1n) is 14.7. The Kier molecular flexibility index (Phi) is 4.63. The summed E-state index contributed by atoms with van der Waals surface area (Å²) in [6, 6.07) is 53.4. The van der Waals surface area contributed by atoms with E-state index in [-0.39, 0.29) is 0 Å². The van der Waals surface area contributed by atoms with Crippen molar-refractivity contribution in [3.05, 3.63) is 146 Å². The van der Waals surface area contributed by atoms with Gasteiger partial charge in [-0.3, -0.25) is 0 Å². The van der Waals surface area contributed by atoms with Crippen molar-refractivity contribution in [3.8, 4) is 11.4 Å². The van der Waals surface area contributed by atoms with E-state index in [9.17, 15) is 0 Å². The average Bonchev–Trinajstić information content (AvgIpc) is 3.72. The molecule has 0 fully saturated rings. The van der Waals surface area contributed by atoms with Gasteiger partial charge in [-0.15, -0.1) is 11.3 Å². The fourth-order valence-corrected chi connectivity index (χ4v) is 8.42. The smallest absolute Gasteiger partial charge is 0.0620 e. The van der Waals surface area contributed by atoms with Crippen molar-refractivity contribution in [1.82, 2.24) is 9.13 Å². The van der Waals surface area contributed by atoms with E-state index in [0.29, 0.717) is 0 Å². The monoisotopic (exact) mass is 564 g/mol. The van der Waals surface area contributed by atoms with Gasteiger partial charge in [0.05, 0.1) is 27.8 Å². The second kappa shape index (κ2) is 8.57. The first kappa shape index (κ1) is 23.2. The fourth-order valence-electron chi connectivity index (χ4n) is 7.29. The Labute approximate surface area is 251 Å². The highest BCUT2D eigenvalue weighted by atomic mass is 32.1. The predicted octanol–water partition coefficient (Wildman–Crippen LogP) is 11.4. The molecule has 3 aromatic heterocycles. The molecule has 0 aliphatic carbocycles. The Morgan fingerprint density at radius 1 is 0.395 bits per heavy atom. The van der Waals surface area contributed by atoms with Crippen LogP contribution >= 0.6 is 11.3 Å². The molecule has 0 radical (unpaired) electrons. The van der Waals surface area contributed by atoms with Gasteiger partial charge in [0.1, 0.15) is 0 Å². The zero-order valence-corrected chi connectivity index (χ0v) is 24.0. The summed E-state index contributed by atoms with van der Waals surface area (Å²) in [6.45, 7) is 0. The van der Waals surface area contributed by atoms with Crippen LogP contribution in [0.5, 0.6) is 0 Å². The molecule has 7 aromatic carbocycles. The van der Waals surface area contributed by atoms with Gasteiger partial charge >= 0.3 is 0 Å². The van der Waals surface area contributed by atoms with Crippen LogP contribution in [-0.2, 0) is 0 Å². The summed E-state index contributed by atoms with van der Waals surface area (Å²) in [6.07, 6.45) is 0. The minimum absolute atomic E-state index is 1.18. The van der Waals surface area contributed by atoms with Gasteiger partial charge in [-0.05, 0) is 60.0 Å². The van der Waals surface area contributed by atoms with E-state index in [1.165, 1.54) is 85.9 Å². The molecule has 3 heteroatoms. The Balaban J connectivity index is 1.43. The van der Waals surface area contributed by atoms with Gasteiger partial charge in [0.25, 0.3) is 0 Å². The number of hydrogen-bond donors (Lipinski definition) is 0. The molecule has 3 heterocycles. The topological polar surface area (TPSA) is 9.86 Å². The molecule has 0 aliphatic heterocycles. The summed E-state index contributed by atoms with van der Waals surface area (Å²) >= 11 is 1.87. The lowest BCUT2D eigenvalue weighted by Crippen LogP contribution is -1.96. The third-order valence-electron chi connectivity index (χ3n) is 9.08. The lowest BCUT2D eigenvalue weighted by atomic mass is 10.0. The minimum atomic E-state index is 1.18. The van der Waals surface area contributed by atoms with E-state index < -0.39 is 0 Å². The molecule has 0 atom stereocenters. The van der Waals surface area contributed by atoms with E-state index in [2.05, 4.69) is 155 Å². The molecule has 0 saturated heterocycles. The van der Waals surface area contributed by atoms with Crippen molar-refractivity contribution in [3.63, 3.8) is 0 Å². The number of thiophene rings is 1. The Morgan fingerprint density at radius 2 is 1.07 bits per heavy atom. The van der Waals surface area contributed by atoms with E-state index in [1.54, 1.807) is 0 Å². The third-order valence-corrected chi connectivity index (χ3v) is 10.2. The van der Waals surface area contributed by atoms with Crippen LogP contribution in [0.3, 0.4) is 0 Å². The third kappa shape index (κ3) is 3.12. The van der Waals surface area contributed by atoms with Crippen LogP contribution in [0.15, 0.2) is 146 Å². The van der Waals surface area contributed by atoms with Crippen LogP contribution in [0, 0.1) is 0 Å². The number of para-hydroxylation sites is 3. The first-order valence-corrected chi connectivity index (χ1v) is 15.5. The van der Waals surface area contributed by atoms with Crippen molar-refractivity contribution in [1.29, 1.82) is 0 Å². The molecule has 0 amide bonds. The van der Waals surface area contributed by atoms with Gasteiger partial charge in [0.2, 0.25) is 0 Å². The number of fused-ring (bicyclic) bond motifs is 11. The Bertz CT molecular complexity index is 2720. The summed E-state index contributed by atoms with van der Waals surface area (Å²) in [5, 5.41) is 10.3. The number of hydrogen-bond acceptors (Lipinski definition) is 1. The quantitative estimate of drug-likeness (QED) is 0.198. The standard InChI is InChI=1S/C40H24N2S/c1-2-11-26(12-3-1)41-33-16-7-5-14-28(33)32-23-25-21-22-29-27-13-4-8-17-34(27)42(40(29)31(25)24-36(32)41)35-18-10-20-38-39(35)30-15-6-9-19-37(30)43-38/h1-24H. The molecular formula is C40H24N2S. The van der Waals surface area contributed by atoms with Crippen LogP contribution in [0.2, 0.25) is 0 Å². The molecule has 2 nitrogen and oxygen atoms in total. The molecular weight excluding hydrogens is 541 g/mol. The van der Waals surface area contributed by atoms with Gasteiger partial charge in [-0.2, -0.15) is 0 Å². The van der Waals surface area contributed by atoms with E-state index in [0.717, 1.165) is 0 Å². The highest BCUT2D eigenvalue weighted by molar-refractivity contribution is 7.25. The summed E-state index contributed by atoms with van der Waals surface area (Å²) in [5.41, 5.74) is 7.35. The number of benzene rings is 7. The van der Waals surface area contributed by atoms with Gasteiger partial charge in [0, 0.05) is 52.8 Å². The lowest BCUT2D eigenvalue weighted by Gasteiger charge is -2.13. The molecule has 0 unspecified atom stereocenters. The Morgan fingerprint density at radius 3 is 1.91 bits per heavy atom. The number of nitrogens with zero attached hydrogens (tertiary/aromatic N) is 2. The average molecular weight is 565 g/mol. The summed E-state index contributed by atoms with van der Waals surface area (Å²) in [7, 11) is 0. The summed E-state index contributed by atoms with van der Waals surface area (Å²) < 4.78 is 7.58. The minimum Gasteiger partial charge on any atom is -0.309 e. The Hall–Kier alpha value is -5.38. The molecule has 10 rings (SSSR count). The lowest BCUT2D eigenvalue weighted by molar-refractivity contribution is 1.18.